The molecular formula is C25H28O3. The highest BCUT2D eigenvalue weighted by molar-refractivity contribution is 6.09. The zero-order chi connectivity index (χ0) is 20.7. The number of aliphatic carboxylic acids is 1. The first-order valence-electron chi connectivity index (χ1n) is 9.73. The molecule has 1 aliphatic rings. The lowest BCUT2D eigenvalue weighted by Crippen LogP contribution is -2.34. The lowest BCUT2D eigenvalue weighted by Gasteiger charge is -2.42. The molecule has 0 bridgehead atoms. The molecule has 146 valence electrons. The number of hydrogen-bond donors (Lipinski definition) is 1. The largest absolute Gasteiger partial charge is 0.478 e. The Morgan fingerprint density at radius 1 is 0.821 bits per heavy atom. The maximum atomic E-state index is 13.1. The molecule has 0 atom stereocenters. The smallest absolute Gasteiger partial charge is 0.328 e. The summed E-state index contributed by atoms with van der Waals surface area (Å²) in [6.45, 7) is 10.8. The second-order valence-electron chi connectivity index (χ2n) is 9.10. The van der Waals surface area contributed by atoms with Crippen molar-refractivity contribution in [1.82, 2.24) is 0 Å². The van der Waals surface area contributed by atoms with Gasteiger partial charge in [0, 0.05) is 17.2 Å². The maximum Gasteiger partial charge on any atom is 0.328 e. The van der Waals surface area contributed by atoms with Crippen molar-refractivity contribution in [3.8, 4) is 0 Å². The summed E-state index contributed by atoms with van der Waals surface area (Å²) in [5, 5.41) is 8.88. The number of carboxylic acid groups (broad SMARTS) is 1. The van der Waals surface area contributed by atoms with Crippen molar-refractivity contribution >= 4 is 17.3 Å². The molecule has 0 aliphatic heterocycles. The molecule has 0 saturated carbocycles. The van der Waals surface area contributed by atoms with Gasteiger partial charge >= 0.3 is 5.97 Å². The van der Waals surface area contributed by atoms with Gasteiger partial charge in [0.15, 0.2) is 5.78 Å². The SMILES string of the molecule is CC(=CC(=O)O)c1ccc(C(=O)c2ccc3c(c2)C(C)(C)CCC3(C)C)cc1. The van der Waals surface area contributed by atoms with Gasteiger partial charge in [-0.15, -0.1) is 0 Å². The Morgan fingerprint density at radius 2 is 1.32 bits per heavy atom. The molecule has 2 aromatic carbocycles. The molecule has 3 nitrogen and oxygen atoms in total. The van der Waals surface area contributed by atoms with Crippen LogP contribution in [0.4, 0.5) is 0 Å². The van der Waals surface area contributed by atoms with Crippen molar-refractivity contribution < 1.29 is 14.7 Å². The number of carboxylic acids is 1. The van der Waals surface area contributed by atoms with Crippen LogP contribution in [0.1, 0.15) is 80.1 Å². The Bertz CT molecular complexity index is 960. The van der Waals surface area contributed by atoms with Gasteiger partial charge in [0.05, 0.1) is 0 Å². The zero-order valence-corrected chi connectivity index (χ0v) is 17.3. The van der Waals surface area contributed by atoms with Crippen molar-refractivity contribution in [3.05, 3.63) is 76.4 Å². The lowest BCUT2D eigenvalue weighted by atomic mass is 9.63. The van der Waals surface area contributed by atoms with E-state index in [1.165, 1.54) is 17.2 Å². The standard InChI is InChI=1S/C25H28O3/c1-16(14-22(26)27)17-6-8-18(9-7-17)23(28)19-10-11-20-21(15-19)25(4,5)13-12-24(20,2)3/h6-11,14-15H,12-13H2,1-5H3,(H,26,27). The van der Waals surface area contributed by atoms with Gasteiger partial charge in [-0.2, -0.15) is 0 Å². The molecule has 2 aromatic rings. The highest BCUT2D eigenvalue weighted by Crippen LogP contribution is 2.46. The second kappa shape index (κ2) is 7.05. The Balaban J connectivity index is 1.95. The summed E-state index contributed by atoms with van der Waals surface area (Å²) in [7, 11) is 0. The first-order chi connectivity index (χ1) is 13.0. The summed E-state index contributed by atoms with van der Waals surface area (Å²) < 4.78 is 0. The number of carbonyl (C=O) groups is 2. The molecule has 0 amide bonds. The topological polar surface area (TPSA) is 54.4 Å². The van der Waals surface area contributed by atoms with Crippen LogP contribution in [0.3, 0.4) is 0 Å². The number of ketones is 1. The Hall–Kier alpha value is -2.68. The van der Waals surface area contributed by atoms with Crippen LogP contribution in [0.25, 0.3) is 5.57 Å². The van der Waals surface area contributed by atoms with Gasteiger partial charge in [-0.3, -0.25) is 4.79 Å². The van der Waals surface area contributed by atoms with Gasteiger partial charge in [0.2, 0.25) is 0 Å². The minimum atomic E-state index is -0.975. The van der Waals surface area contributed by atoms with Crippen LogP contribution < -0.4 is 0 Å². The molecule has 0 unspecified atom stereocenters. The van der Waals surface area contributed by atoms with Crippen molar-refractivity contribution in [3.63, 3.8) is 0 Å². The maximum absolute atomic E-state index is 13.1. The molecule has 3 heteroatoms. The van der Waals surface area contributed by atoms with E-state index < -0.39 is 5.97 Å². The van der Waals surface area contributed by atoms with Crippen LogP contribution >= 0.6 is 0 Å². The molecular weight excluding hydrogens is 348 g/mol. The first kappa shape index (κ1) is 20.1. The summed E-state index contributed by atoms with van der Waals surface area (Å²) >= 11 is 0. The normalized spacial score (nSPS) is 17.7. The van der Waals surface area contributed by atoms with E-state index in [2.05, 4.69) is 39.8 Å². The van der Waals surface area contributed by atoms with Gasteiger partial charge in [-0.1, -0.05) is 64.1 Å². The summed E-state index contributed by atoms with van der Waals surface area (Å²) in [5.74, 6) is -0.981. The van der Waals surface area contributed by atoms with Crippen molar-refractivity contribution in [2.45, 2.75) is 58.3 Å². The van der Waals surface area contributed by atoms with Crippen LogP contribution in [0, 0.1) is 0 Å². The van der Waals surface area contributed by atoms with E-state index in [0.29, 0.717) is 16.7 Å². The molecule has 0 aromatic heterocycles. The Labute approximate surface area is 167 Å². The Morgan fingerprint density at radius 3 is 1.89 bits per heavy atom. The van der Waals surface area contributed by atoms with Gasteiger partial charge < -0.3 is 5.11 Å². The molecule has 3 rings (SSSR count). The summed E-state index contributed by atoms with van der Waals surface area (Å²) in [5.41, 5.74) is 5.56. The quantitative estimate of drug-likeness (QED) is 0.546. The monoisotopic (exact) mass is 376 g/mol. The lowest BCUT2D eigenvalue weighted by molar-refractivity contribution is -0.131. The summed E-state index contributed by atoms with van der Waals surface area (Å²) in [6, 6.07) is 13.3. The van der Waals surface area contributed by atoms with E-state index in [1.807, 2.05) is 6.07 Å². The van der Waals surface area contributed by atoms with Crippen LogP contribution in [-0.4, -0.2) is 16.9 Å². The average Bonchev–Trinajstić information content (AvgIpc) is 2.64. The van der Waals surface area contributed by atoms with E-state index in [0.717, 1.165) is 18.4 Å². The van der Waals surface area contributed by atoms with E-state index >= 15 is 0 Å². The highest BCUT2D eigenvalue weighted by Gasteiger charge is 2.37. The third-order valence-corrected chi connectivity index (χ3v) is 6.06. The first-order valence-corrected chi connectivity index (χ1v) is 9.73. The number of fused-ring (bicyclic) bond motifs is 1. The van der Waals surface area contributed by atoms with Crippen LogP contribution in [0.2, 0.25) is 0 Å². The number of allylic oxidation sites excluding steroid dienone is 1. The molecule has 0 fully saturated rings. The van der Waals surface area contributed by atoms with Crippen molar-refractivity contribution in [2.75, 3.05) is 0 Å². The fraction of sp³-hybridized carbons (Fsp3) is 0.360. The second-order valence-corrected chi connectivity index (χ2v) is 9.10. The van der Waals surface area contributed by atoms with Gasteiger partial charge in [0.25, 0.3) is 0 Å². The molecule has 0 spiro atoms. The third kappa shape index (κ3) is 3.80. The highest BCUT2D eigenvalue weighted by atomic mass is 16.4. The van der Waals surface area contributed by atoms with E-state index in [9.17, 15) is 9.59 Å². The summed E-state index contributed by atoms with van der Waals surface area (Å²) in [6.07, 6.45) is 3.42. The minimum Gasteiger partial charge on any atom is -0.478 e. The van der Waals surface area contributed by atoms with Gasteiger partial charge in [-0.05, 0) is 58.9 Å². The van der Waals surface area contributed by atoms with E-state index in [4.69, 9.17) is 5.11 Å². The van der Waals surface area contributed by atoms with Crippen molar-refractivity contribution in [2.24, 2.45) is 0 Å². The molecule has 0 heterocycles. The van der Waals surface area contributed by atoms with Crippen molar-refractivity contribution in [1.29, 1.82) is 0 Å². The third-order valence-electron chi connectivity index (χ3n) is 6.06. The summed E-state index contributed by atoms with van der Waals surface area (Å²) in [4.78, 5) is 23.9. The number of benzene rings is 2. The average molecular weight is 376 g/mol. The number of hydrogen-bond acceptors (Lipinski definition) is 2. The molecule has 1 N–H and O–H groups in total. The van der Waals surface area contributed by atoms with E-state index in [1.54, 1.807) is 31.2 Å². The molecule has 1 aliphatic carbocycles. The van der Waals surface area contributed by atoms with Crippen LogP contribution in [0.5, 0.6) is 0 Å². The molecule has 28 heavy (non-hydrogen) atoms. The fourth-order valence-corrected chi connectivity index (χ4v) is 4.05. The molecule has 0 saturated heterocycles. The van der Waals surface area contributed by atoms with Crippen LogP contribution in [0.15, 0.2) is 48.5 Å². The predicted molar refractivity (Wildman–Crippen MR) is 113 cm³/mol. The van der Waals surface area contributed by atoms with E-state index in [-0.39, 0.29) is 16.6 Å². The molecule has 0 radical (unpaired) electrons. The van der Waals surface area contributed by atoms with Gasteiger partial charge in [0.1, 0.15) is 0 Å². The van der Waals surface area contributed by atoms with Gasteiger partial charge in [-0.25, -0.2) is 4.79 Å². The number of carbonyl (C=O) groups excluding carboxylic acids is 1. The predicted octanol–water partition coefficient (Wildman–Crippen LogP) is 5.75. The fourth-order valence-electron chi connectivity index (χ4n) is 4.05. The number of rotatable bonds is 4. The Kier molecular flexibility index (Phi) is 5.05. The zero-order valence-electron chi connectivity index (χ0n) is 17.3. The van der Waals surface area contributed by atoms with Crippen LogP contribution in [-0.2, 0) is 15.6 Å². The minimum absolute atomic E-state index is 0.00611.